The van der Waals surface area contributed by atoms with Crippen molar-refractivity contribution in [3.05, 3.63) is 40.0 Å². The van der Waals surface area contributed by atoms with E-state index in [1.54, 1.807) is 13.0 Å². The lowest BCUT2D eigenvalue weighted by Gasteiger charge is -2.10. The van der Waals surface area contributed by atoms with Gasteiger partial charge in [0.15, 0.2) is 0 Å². The molecule has 1 aromatic heterocycles. The van der Waals surface area contributed by atoms with Gasteiger partial charge in [-0.15, -0.1) is 0 Å². The van der Waals surface area contributed by atoms with Crippen molar-refractivity contribution in [2.45, 2.75) is 11.8 Å². The largest absolute Gasteiger partial charge is 0.481 e. The number of halogens is 2. The van der Waals surface area contributed by atoms with Crippen LogP contribution in [0.25, 0.3) is 0 Å². The second kappa shape index (κ2) is 6.05. The molecule has 0 aliphatic heterocycles. The first-order valence-corrected chi connectivity index (χ1v) is 7.93. The van der Waals surface area contributed by atoms with E-state index in [-0.39, 0.29) is 21.9 Å². The molecule has 0 aliphatic rings. The lowest BCUT2D eigenvalue weighted by Crippen LogP contribution is -2.16. The Morgan fingerprint density at radius 2 is 1.90 bits per heavy atom. The van der Waals surface area contributed by atoms with Gasteiger partial charge in [-0.1, -0.05) is 23.2 Å². The summed E-state index contributed by atoms with van der Waals surface area (Å²) in [6.07, 6.45) is 0. The van der Waals surface area contributed by atoms with Crippen LogP contribution in [0.1, 0.15) is 5.56 Å². The van der Waals surface area contributed by atoms with Crippen LogP contribution in [0.3, 0.4) is 0 Å². The first kappa shape index (κ1) is 15.8. The fourth-order valence-corrected chi connectivity index (χ4v) is 3.21. The van der Waals surface area contributed by atoms with Gasteiger partial charge in [0.05, 0.1) is 12.0 Å². The number of hydrogen-bond donors (Lipinski definition) is 1. The van der Waals surface area contributed by atoms with Gasteiger partial charge in [-0.3, -0.25) is 0 Å². The van der Waals surface area contributed by atoms with Gasteiger partial charge in [-0.25, -0.2) is 18.1 Å². The zero-order valence-electron chi connectivity index (χ0n) is 11.1. The van der Waals surface area contributed by atoms with Gasteiger partial charge in [0, 0.05) is 11.1 Å². The summed E-state index contributed by atoms with van der Waals surface area (Å²) in [5.41, 5.74) is 0.504. The molecule has 112 valence electrons. The third kappa shape index (κ3) is 3.75. The highest BCUT2D eigenvalue weighted by atomic mass is 35.5. The molecule has 2 rings (SSSR count). The van der Waals surface area contributed by atoms with E-state index in [1.165, 1.54) is 25.3 Å². The van der Waals surface area contributed by atoms with E-state index < -0.39 is 10.0 Å². The minimum atomic E-state index is -3.85. The number of nitrogens with zero attached hydrogens (tertiary/aromatic N) is 2. The summed E-state index contributed by atoms with van der Waals surface area (Å²) < 4.78 is 31.8. The molecule has 1 heterocycles. The van der Waals surface area contributed by atoms with Gasteiger partial charge in [0.1, 0.15) is 5.15 Å². The average molecular weight is 348 g/mol. The second-order valence-electron chi connectivity index (χ2n) is 4.07. The first-order valence-electron chi connectivity index (χ1n) is 5.69. The van der Waals surface area contributed by atoms with Gasteiger partial charge in [0.25, 0.3) is 10.0 Å². The number of anilines is 1. The van der Waals surface area contributed by atoms with Crippen molar-refractivity contribution in [2.75, 3.05) is 11.8 Å². The summed E-state index contributed by atoms with van der Waals surface area (Å²) in [5.74, 6) is -0.0192. The van der Waals surface area contributed by atoms with Crippen molar-refractivity contribution in [2.24, 2.45) is 0 Å². The van der Waals surface area contributed by atoms with Crippen LogP contribution in [-0.2, 0) is 10.0 Å². The van der Waals surface area contributed by atoms with Crippen molar-refractivity contribution < 1.29 is 13.2 Å². The summed E-state index contributed by atoms with van der Waals surface area (Å²) >= 11 is 11.6. The molecule has 0 aliphatic carbocycles. The Morgan fingerprint density at radius 3 is 2.52 bits per heavy atom. The second-order valence-corrected chi connectivity index (χ2v) is 6.55. The Hall–Kier alpha value is -1.57. The first-order chi connectivity index (χ1) is 9.81. The number of hydrogen-bond acceptors (Lipinski definition) is 5. The highest BCUT2D eigenvalue weighted by Gasteiger charge is 2.19. The zero-order valence-corrected chi connectivity index (χ0v) is 13.4. The molecule has 1 N–H and O–H groups in total. The standard InChI is InChI=1S/C12H11Cl2N3O3S/c1-7-5-8(13)3-4-9(7)21(18,19)17-12-15-10(14)6-11(16-12)20-2/h3-6H,1-2H3,(H,15,16,17). The lowest BCUT2D eigenvalue weighted by atomic mass is 10.2. The lowest BCUT2D eigenvalue weighted by molar-refractivity contribution is 0.397. The van der Waals surface area contributed by atoms with Crippen LogP contribution in [0.2, 0.25) is 10.2 Å². The van der Waals surface area contributed by atoms with E-state index >= 15 is 0 Å². The molecule has 0 spiro atoms. The van der Waals surface area contributed by atoms with Crippen LogP contribution in [0.5, 0.6) is 5.88 Å². The van der Waals surface area contributed by atoms with Gasteiger partial charge in [-0.05, 0) is 30.7 Å². The predicted octanol–water partition coefficient (Wildman–Crippen LogP) is 2.90. The maximum atomic E-state index is 12.3. The Labute approximate surface area is 132 Å². The Balaban J connectivity index is 2.39. The van der Waals surface area contributed by atoms with Crippen molar-refractivity contribution in [1.82, 2.24) is 9.97 Å². The van der Waals surface area contributed by atoms with Crippen LogP contribution in [0.4, 0.5) is 5.95 Å². The number of aromatic nitrogens is 2. The van der Waals surface area contributed by atoms with E-state index in [9.17, 15) is 8.42 Å². The predicted molar refractivity (Wildman–Crippen MR) is 80.6 cm³/mol. The van der Waals surface area contributed by atoms with E-state index in [0.29, 0.717) is 10.6 Å². The number of sulfonamides is 1. The molecule has 0 amide bonds. The van der Waals surface area contributed by atoms with Crippen LogP contribution in [0.15, 0.2) is 29.2 Å². The normalized spacial score (nSPS) is 11.2. The van der Waals surface area contributed by atoms with Gasteiger partial charge >= 0.3 is 0 Å². The van der Waals surface area contributed by atoms with Crippen molar-refractivity contribution in [3.63, 3.8) is 0 Å². The fourth-order valence-electron chi connectivity index (χ4n) is 1.64. The molecule has 0 radical (unpaired) electrons. The molecule has 0 bridgehead atoms. The summed E-state index contributed by atoms with van der Waals surface area (Å²) in [7, 11) is -2.46. The fraction of sp³-hybridized carbons (Fsp3) is 0.167. The zero-order chi connectivity index (χ0) is 15.6. The van der Waals surface area contributed by atoms with Crippen molar-refractivity contribution >= 4 is 39.2 Å². The minimum Gasteiger partial charge on any atom is -0.481 e. The molecule has 0 atom stereocenters. The summed E-state index contributed by atoms with van der Waals surface area (Å²) in [5, 5.41) is 0.513. The molecule has 1 aromatic carbocycles. The topological polar surface area (TPSA) is 81.2 Å². The minimum absolute atomic E-state index is 0.0624. The molecule has 6 nitrogen and oxygen atoms in total. The number of aryl methyl sites for hydroxylation is 1. The summed E-state index contributed by atoms with van der Waals surface area (Å²) in [4.78, 5) is 7.75. The molecule has 21 heavy (non-hydrogen) atoms. The van der Waals surface area contributed by atoms with E-state index in [1.807, 2.05) is 0 Å². The highest BCUT2D eigenvalue weighted by Crippen LogP contribution is 2.23. The van der Waals surface area contributed by atoms with Crippen LogP contribution in [-0.4, -0.2) is 25.5 Å². The maximum absolute atomic E-state index is 12.3. The van der Waals surface area contributed by atoms with Gasteiger partial charge < -0.3 is 4.74 Å². The van der Waals surface area contributed by atoms with Crippen LogP contribution >= 0.6 is 23.2 Å². The monoisotopic (exact) mass is 347 g/mol. The van der Waals surface area contributed by atoms with Crippen LogP contribution < -0.4 is 9.46 Å². The van der Waals surface area contributed by atoms with Crippen molar-refractivity contribution in [3.8, 4) is 5.88 Å². The van der Waals surface area contributed by atoms with Crippen LogP contribution in [0, 0.1) is 6.92 Å². The number of rotatable bonds is 4. The number of ether oxygens (including phenoxy) is 1. The van der Waals surface area contributed by atoms with E-state index in [0.717, 1.165) is 0 Å². The third-order valence-electron chi connectivity index (χ3n) is 2.53. The Bertz CT molecular complexity index is 781. The number of methoxy groups -OCH3 is 1. The van der Waals surface area contributed by atoms with E-state index in [2.05, 4.69) is 14.7 Å². The maximum Gasteiger partial charge on any atom is 0.264 e. The molecular weight excluding hydrogens is 337 g/mol. The molecular formula is C12H11Cl2N3O3S. The summed E-state index contributed by atoms with van der Waals surface area (Å²) in [6.45, 7) is 1.64. The molecule has 0 saturated heterocycles. The Morgan fingerprint density at radius 1 is 1.19 bits per heavy atom. The van der Waals surface area contributed by atoms with Gasteiger partial charge in [-0.2, -0.15) is 4.98 Å². The smallest absolute Gasteiger partial charge is 0.264 e. The highest BCUT2D eigenvalue weighted by molar-refractivity contribution is 7.92. The molecule has 2 aromatic rings. The van der Waals surface area contributed by atoms with Crippen molar-refractivity contribution in [1.29, 1.82) is 0 Å². The molecule has 0 unspecified atom stereocenters. The number of benzene rings is 1. The third-order valence-corrected chi connectivity index (χ3v) is 4.45. The van der Waals surface area contributed by atoms with E-state index in [4.69, 9.17) is 27.9 Å². The molecule has 9 heteroatoms. The average Bonchev–Trinajstić information content (AvgIpc) is 2.36. The van der Waals surface area contributed by atoms with Gasteiger partial charge in [0.2, 0.25) is 11.8 Å². The SMILES string of the molecule is COc1cc(Cl)nc(NS(=O)(=O)c2ccc(Cl)cc2C)n1. The number of nitrogens with one attached hydrogen (secondary N) is 1. The Kier molecular flexibility index (Phi) is 4.55. The quantitative estimate of drug-likeness (QED) is 0.860. The molecule has 0 saturated carbocycles. The summed E-state index contributed by atoms with van der Waals surface area (Å²) in [6, 6.07) is 5.81. The molecule has 0 fully saturated rings.